The van der Waals surface area contributed by atoms with Gasteiger partial charge < -0.3 is 15.9 Å². The van der Waals surface area contributed by atoms with Gasteiger partial charge in [0.05, 0.1) is 19.1 Å². The quantitative estimate of drug-likeness (QED) is 0.119. The number of anilines is 2. The number of hydrogen-bond donors (Lipinski definition) is 3. The fraction of sp³-hybridized carbons (Fsp3) is 0.111. The average molecular weight is 602 g/mol. The number of rotatable bonds is 8. The number of nitrogen functional groups attached to an aromatic ring is 1. The van der Waals surface area contributed by atoms with Crippen molar-refractivity contribution in [1.82, 2.24) is 14.9 Å². The number of nitrogens with two attached hydrogens (primary N) is 1. The smallest absolute Gasteiger partial charge is 0.264 e. The summed E-state index contributed by atoms with van der Waals surface area (Å²) in [6.45, 7) is 0. The number of carbonyl (C=O) groups is 1. The van der Waals surface area contributed by atoms with Crippen molar-refractivity contribution in [2.24, 2.45) is 5.10 Å². The number of nitrogens with zero attached hydrogens (tertiary/aromatic N) is 4. The highest BCUT2D eigenvalue weighted by molar-refractivity contribution is 14.1. The second-order valence-electron chi connectivity index (χ2n) is 5.78. The maximum Gasteiger partial charge on any atom is 0.264 e. The molecule has 0 unspecified atom stereocenters. The van der Waals surface area contributed by atoms with Crippen LogP contribution in [0.4, 0.5) is 11.6 Å². The van der Waals surface area contributed by atoms with Crippen molar-refractivity contribution in [3.05, 3.63) is 56.1 Å². The van der Waals surface area contributed by atoms with Gasteiger partial charge in [0.15, 0.2) is 0 Å². The molecule has 0 atom stereocenters. The SMILES string of the molecule is COc1ccc(Br)cc1/C=N/Nc1nnc(SCC(=O)Nc2ccc(I)cc2)n1N. The summed E-state index contributed by atoms with van der Waals surface area (Å²) in [5.74, 6) is 6.87. The van der Waals surface area contributed by atoms with Crippen LogP contribution in [0.2, 0.25) is 0 Å². The number of benzene rings is 2. The van der Waals surface area contributed by atoms with Crippen LogP contribution in [0, 0.1) is 3.57 Å². The van der Waals surface area contributed by atoms with Gasteiger partial charge in [0.1, 0.15) is 5.75 Å². The highest BCUT2D eigenvalue weighted by Gasteiger charge is 2.12. The van der Waals surface area contributed by atoms with Gasteiger partial charge in [-0.1, -0.05) is 27.7 Å². The summed E-state index contributed by atoms with van der Waals surface area (Å²) in [5, 5.41) is 15.3. The molecule has 4 N–H and O–H groups in total. The lowest BCUT2D eigenvalue weighted by molar-refractivity contribution is -0.113. The molecule has 0 saturated carbocycles. The Morgan fingerprint density at radius 2 is 2.10 bits per heavy atom. The van der Waals surface area contributed by atoms with Crippen molar-refractivity contribution in [3.8, 4) is 5.75 Å². The molecule has 0 fully saturated rings. The number of hydrazone groups is 1. The first-order valence-corrected chi connectivity index (χ1v) is 11.3. The Morgan fingerprint density at radius 1 is 1.33 bits per heavy atom. The van der Waals surface area contributed by atoms with E-state index in [0.29, 0.717) is 10.9 Å². The van der Waals surface area contributed by atoms with Gasteiger partial charge in [0.25, 0.3) is 5.95 Å². The van der Waals surface area contributed by atoms with Crippen LogP contribution in [-0.2, 0) is 4.79 Å². The molecule has 0 aliphatic carbocycles. The molecule has 3 rings (SSSR count). The van der Waals surface area contributed by atoms with Gasteiger partial charge >= 0.3 is 0 Å². The number of ether oxygens (including phenoxy) is 1. The summed E-state index contributed by atoms with van der Waals surface area (Å²) in [5.41, 5.74) is 4.23. The maximum absolute atomic E-state index is 12.1. The molecule has 2 aromatic carbocycles. The zero-order valence-electron chi connectivity index (χ0n) is 15.7. The Kier molecular flexibility index (Phi) is 7.93. The molecule has 3 aromatic rings. The molecule has 0 radical (unpaired) electrons. The fourth-order valence-electron chi connectivity index (χ4n) is 2.28. The summed E-state index contributed by atoms with van der Waals surface area (Å²) in [7, 11) is 1.59. The van der Waals surface area contributed by atoms with Crippen molar-refractivity contribution in [1.29, 1.82) is 0 Å². The van der Waals surface area contributed by atoms with Crippen molar-refractivity contribution in [2.45, 2.75) is 5.16 Å². The molecule has 12 heteroatoms. The molecule has 0 bridgehead atoms. The van der Waals surface area contributed by atoms with Gasteiger partial charge in [-0.15, -0.1) is 10.2 Å². The number of aromatic nitrogens is 3. The van der Waals surface area contributed by atoms with E-state index in [1.165, 1.54) is 16.4 Å². The van der Waals surface area contributed by atoms with E-state index in [1.54, 1.807) is 13.3 Å². The van der Waals surface area contributed by atoms with E-state index < -0.39 is 0 Å². The van der Waals surface area contributed by atoms with Crippen LogP contribution in [0.15, 0.2) is 57.2 Å². The molecule has 1 heterocycles. The molecule has 1 amide bonds. The lowest BCUT2D eigenvalue weighted by Crippen LogP contribution is -2.16. The second-order valence-corrected chi connectivity index (χ2v) is 8.88. The van der Waals surface area contributed by atoms with Crippen molar-refractivity contribution in [2.75, 3.05) is 29.4 Å². The van der Waals surface area contributed by atoms with Crippen molar-refractivity contribution >= 4 is 74.0 Å². The number of nitrogens with one attached hydrogen (secondary N) is 2. The van der Waals surface area contributed by atoms with Gasteiger partial charge in [-0.3, -0.25) is 4.79 Å². The normalized spacial score (nSPS) is 10.9. The summed E-state index contributed by atoms with van der Waals surface area (Å²) in [6, 6.07) is 13.1. The summed E-state index contributed by atoms with van der Waals surface area (Å²) in [6.07, 6.45) is 1.58. The zero-order chi connectivity index (χ0) is 21.5. The molecule has 30 heavy (non-hydrogen) atoms. The molecule has 9 nitrogen and oxygen atoms in total. The Labute approximate surface area is 199 Å². The van der Waals surface area contributed by atoms with E-state index in [-0.39, 0.29) is 17.6 Å². The highest BCUT2D eigenvalue weighted by atomic mass is 127. The van der Waals surface area contributed by atoms with Crippen LogP contribution < -0.4 is 21.3 Å². The van der Waals surface area contributed by atoms with Crippen LogP contribution in [0.3, 0.4) is 0 Å². The highest BCUT2D eigenvalue weighted by Crippen LogP contribution is 2.22. The second kappa shape index (κ2) is 10.6. The monoisotopic (exact) mass is 601 g/mol. The third-order valence-electron chi connectivity index (χ3n) is 3.68. The topological polar surface area (TPSA) is 119 Å². The fourth-order valence-corrected chi connectivity index (χ4v) is 3.67. The minimum atomic E-state index is -0.168. The molecule has 0 spiro atoms. The first kappa shape index (κ1) is 22.4. The Hall–Kier alpha value is -2.32. The number of halogens is 2. The summed E-state index contributed by atoms with van der Waals surface area (Å²) >= 11 is 6.78. The van der Waals surface area contributed by atoms with Crippen LogP contribution in [0.25, 0.3) is 0 Å². The van der Waals surface area contributed by atoms with Crippen LogP contribution in [0.1, 0.15) is 5.56 Å². The van der Waals surface area contributed by atoms with E-state index in [9.17, 15) is 4.79 Å². The minimum Gasteiger partial charge on any atom is -0.496 e. The van der Waals surface area contributed by atoms with Gasteiger partial charge in [-0.2, -0.15) is 5.10 Å². The summed E-state index contributed by atoms with van der Waals surface area (Å²) in [4.78, 5) is 12.1. The largest absolute Gasteiger partial charge is 0.496 e. The van der Waals surface area contributed by atoms with Crippen molar-refractivity contribution in [3.63, 3.8) is 0 Å². The molecule has 0 aliphatic heterocycles. The van der Waals surface area contributed by atoms with Gasteiger partial charge in [0.2, 0.25) is 11.1 Å². The van der Waals surface area contributed by atoms with E-state index >= 15 is 0 Å². The molecule has 1 aromatic heterocycles. The van der Waals surface area contributed by atoms with Gasteiger partial charge in [-0.05, 0) is 65.1 Å². The summed E-state index contributed by atoms with van der Waals surface area (Å²) < 4.78 is 8.52. The minimum absolute atomic E-state index is 0.139. The van der Waals surface area contributed by atoms with E-state index in [2.05, 4.69) is 64.6 Å². The number of carbonyl (C=O) groups excluding carboxylic acids is 1. The first-order valence-electron chi connectivity index (χ1n) is 8.47. The average Bonchev–Trinajstić information content (AvgIpc) is 3.08. The first-order chi connectivity index (χ1) is 14.5. The Morgan fingerprint density at radius 3 is 2.83 bits per heavy atom. The van der Waals surface area contributed by atoms with Crippen LogP contribution in [0.5, 0.6) is 5.75 Å². The Balaban J connectivity index is 1.56. The molecule has 156 valence electrons. The maximum atomic E-state index is 12.1. The number of amides is 1. The standard InChI is InChI=1S/C18H17BrIN7O2S/c1-29-15-7-2-12(19)8-11(15)9-22-24-17-25-26-18(27(17)21)30-10-16(28)23-14-5-3-13(20)4-6-14/h2-9H,10,21H2,1H3,(H,23,28)(H,24,25)/b22-9+. The number of hydrogen-bond acceptors (Lipinski definition) is 8. The van der Waals surface area contributed by atoms with Crippen LogP contribution >= 0.6 is 50.3 Å². The van der Waals surface area contributed by atoms with Crippen LogP contribution in [-0.4, -0.2) is 39.9 Å². The molecule has 0 aliphatic rings. The number of thioether (sulfide) groups is 1. The number of methoxy groups -OCH3 is 1. The third-order valence-corrected chi connectivity index (χ3v) is 5.84. The molecular formula is C18H17BrIN7O2S. The molecule has 0 saturated heterocycles. The predicted molar refractivity (Wildman–Crippen MR) is 131 cm³/mol. The van der Waals surface area contributed by atoms with E-state index in [1.807, 2.05) is 42.5 Å². The molecular weight excluding hydrogens is 585 g/mol. The van der Waals surface area contributed by atoms with E-state index in [4.69, 9.17) is 10.6 Å². The van der Waals surface area contributed by atoms with Gasteiger partial charge in [0, 0.05) is 19.3 Å². The Bertz CT molecular complexity index is 1060. The zero-order valence-corrected chi connectivity index (χ0v) is 20.2. The third kappa shape index (κ3) is 6.09. The van der Waals surface area contributed by atoms with Crippen molar-refractivity contribution < 1.29 is 9.53 Å². The predicted octanol–water partition coefficient (Wildman–Crippen LogP) is 3.54. The lowest BCUT2D eigenvalue weighted by Gasteiger charge is -2.06. The lowest BCUT2D eigenvalue weighted by atomic mass is 10.2. The van der Waals surface area contributed by atoms with Gasteiger partial charge in [-0.25, -0.2) is 10.1 Å². The van der Waals surface area contributed by atoms with E-state index in [0.717, 1.165) is 19.3 Å².